The smallest absolute Gasteiger partial charge is 0.230 e. The number of quaternary nitrogens is 2. The molecule has 1 heterocycles. The number of benzene rings is 1. The van der Waals surface area contributed by atoms with E-state index in [2.05, 4.69) is 12.4 Å². The van der Waals surface area contributed by atoms with Gasteiger partial charge >= 0.3 is 0 Å². The topological polar surface area (TPSA) is 87.3 Å². The molecule has 0 spiro atoms. The molecule has 3 N–H and O–H groups in total. The van der Waals surface area contributed by atoms with Gasteiger partial charge in [0.25, 0.3) is 0 Å². The number of ether oxygens (including phenoxy) is 1. The lowest BCUT2D eigenvalue weighted by molar-refractivity contribution is -1.01. The van der Waals surface area contributed by atoms with Gasteiger partial charge < -0.3 is 29.8 Å². The van der Waals surface area contributed by atoms with Crippen LogP contribution in [0.3, 0.4) is 0 Å². The number of amides is 1. The van der Waals surface area contributed by atoms with E-state index >= 15 is 0 Å². The minimum Gasteiger partial charge on any atom is -0.544 e. The molecule has 7 heteroatoms. The molecule has 1 amide bonds. The van der Waals surface area contributed by atoms with Crippen LogP contribution in [0, 0.1) is 0 Å². The van der Waals surface area contributed by atoms with E-state index in [1.165, 1.54) is 4.90 Å². The van der Waals surface area contributed by atoms with Gasteiger partial charge in [-0.2, -0.15) is 0 Å². The number of carboxylic acids is 1. The summed E-state index contributed by atoms with van der Waals surface area (Å²) < 4.78 is 5.35. The fourth-order valence-electron chi connectivity index (χ4n) is 2.94. The third kappa shape index (κ3) is 5.21. The quantitative estimate of drug-likeness (QED) is 0.494. The molecule has 1 aromatic carbocycles. The number of nitrogens with one attached hydrogen (secondary N) is 3. The first kappa shape index (κ1) is 18.2. The first-order valence-corrected chi connectivity index (χ1v) is 8.39. The minimum absolute atomic E-state index is 0.0794. The van der Waals surface area contributed by atoms with Crippen LogP contribution >= 0.6 is 0 Å². The number of carboxylic acid groups (broad SMARTS) is 1. The zero-order valence-electron chi connectivity index (χ0n) is 14.3. The summed E-state index contributed by atoms with van der Waals surface area (Å²) in [5.41, 5.74) is 0.623. The predicted octanol–water partition coefficient (Wildman–Crippen LogP) is -3.05. The van der Waals surface area contributed by atoms with Crippen LogP contribution in [-0.4, -0.2) is 57.8 Å². The van der Waals surface area contributed by atoms with E-state index in [1.807, 2.05) is 6.92 Å². The van der Waals surface area contributed by atoms with Crippen LogP contribution in [-0.2, 0) is 9.59 Å². The number of anilines is 1. The fourth-order valence-corrected chi connectivity index (χ4v) is 2.94. The van der Waals surface area contributed by atoms with Gasteiger partial charge in [-0.15, -0.1) is 0 Å². The van der Waals surface area contributed by atoms with Gasteiger partial charge in [-0.3, -0.25) is 4.79 Å². The van der Waals surface area contributed by atoms with Crippen LogP contribution in [0.5, 0.6) is 5.75 Å². The summed E-state index contributed by atoms with van der Waals surface area (Å²) in [6, 6.07) is 6.21. The highest BCUT2D eigenvalue weighted by Gasteiger charge is 2.30. The summed E-state index contributed by atoms with van der Waals surface area (Å²) in [5, 5.41) is 14.2. The molecular formula is C17H26N3O4+. The molecule has 1 atom stereocenters. The Hall–Kier alpha value is -2.12. The van der Waals surface area contributed by atoms with Crippen LogP contribution in [0.15, 0.2) is 24.3 Å². The molecule has 1 saturated heterocycles. The summed E-state index contributed by atoms with van der Waals surface area (Å²) in [7, 11) is 2.09. The Kier molecular flexibility index (Phi) is 6.57. The lowest BCUT2D eigenvalue weighted by atomic mass is 10.1. The Morgan fingerprint density at radius 2 is 1.83 bits per heavy atom. The largest absolute Gasteiger partial charge is 0.544 e. The van der Waals surface area contributed by atoms with Gasteiger partial charge in [-0.05, 0) is 31.2 Å². The van der Waals surface area contributed by atoms with E-state index in [1.54, 1.807) is 24.3 Å². The van der Waals surface area contributed by atoms with Crippen LogP contribution in [0.2, 0.25) is 0 Å². The molecular weight excluding hydrogens is 310 g/mol. The number of carbonyl (C=O) groups excluding carboxylic acids is 2. The Morgan fingerprint density at radius 1 is 1.21 bits per heavy atom. The van der Waals surface area contributed by atoms with E-state index in [4.69, 9.17) is 4.74 Å². The molecule has 0 bridgehead atoms. The number of hydrogen-bond donors (Lipinski definition) is 3. The highest BCUT2D eigenvalue weighted by Crippen LogP contribution is 2.15. The number of aliphatic carboxylic acids is 1. The Balaban J connectivity index is 1.91. The van der Waals surface area contributed by atoms with Crippen LogP contribution in [0.1, 0.15) is 13.3 Å². The minimum atomic E-state index is -1.16. The predicted molar refractivity (Wildman–Crippen MR) is 87.0 cm³/mol. The van der Waals surface area contributed by atoms with E-state index in [0.717, 1.165) is 36.8 Å². The Labute approximate surface area is 142 Å². The number of likely N-dealkylation sites (N-methyl/N-ethyl adjacent to an activating group) is 1. The molecule has 0 saturated carbocycles. The van der Waals surface area contributed by atoms with Crippen molar-refractivity contribution in [1.29, 1.82) is 0 Å². The third-order valence-electron chi connectivity index (χ3n) is 4.36. The second kappa shape index (κ2) is 8.65. The van der Waals surface area contributed by atoms with Crippen molar-refractivity contribution in [3.05, 3.63) is 24.3 Å². The zero-order valence-corrected chi connectivity index (χ0v) is 14.3. The van der Waals surface area contributed by atoms with E-state index in [-0.39, 0.29) is 12.3 Å². The average molecular weight is 336 g/mol. The molecule has 0 aliphatic carbocycles. The lowest BCUT2D eigenvalue weighted by Crippen LogP contribution is -3.29. The van der Waals surface area contributed by atoms with Crippen molar-refractivity contribution >= 4 is 17.6 Å². The Bertz CT molecular complexity index is 553. The summed E-state index contributed by atoms with van der Waals surface area (Å²) in [6.45, 7) is 5.76. The standard InChI is InChI=1S/C17H25N3O4/c1-3-24-14-6-4-13(5-7-14)18-16(21)12-15(17(22)23)20-10-8-19(2)9-11-20/h4-7,15H,3,8-12H2,1-2H3,(H,18,21)(H,22,23)/p+1/t15-/m1/s1. The molecule has 2 rings (SSSR count). The van der Waals surface area contributed by atoms with Crippen molar-refractivity contribution < 1.29 is 29.2 Å². The van der Waals surface area contributed by atoms with E-state index < -0.39 is 12.0 Å². The van der Waals surface area contributed by atoms with Gasteiger partial charge in [-0.25, -0.2) is 0 Å². The lowest BCUT2D eigenvalue weighted by Gasteiger charge is -2.33. The normalized spacial score (nSPS) is 21.8. The van der Waals surface area contributed by atoms with Crippen LogP contribution < -0.4 is 25.0 Å². The summed E-state index contributed by atoms with van der Waals surface area (Å²) in [4.78, 5) is 25.9. The van der Waals surface area contributed by atoms with Gasteiger partial charge in [0.1, 0.15) is 38.0 Å². The molecule has 1 aliphatic rings. The maximum atomic E-state index is 12.2. The van der Waals surface area contributed by atoms with Crippen molar-refractivity contribution in [1.82, 2.24) is 0 Å². The molecule has 7 nitrogen and oxygen atoms in total. The summed E-state index contributed by atoms with van der Waals surface area (Å²) in [6.07, 6.45) is -0.0794. The number of rotatable bonds is 7. The van der Waals surface area contributed by atoms with E-state index in [9.17, 15) is 14.7 Å². The number of carbonyl (C=O) groups is 2. The highest BCUT2D eigenvalue weighted by molar-refractivity contribution is 5.93. The first-order valence-electron chi connectivity index (χ1n) is 8.39. The van der Waals surface area contributed by atoms with Gasteiger partial charge in [0.15, 0.2) is 0 Å². The van der Waals surface area contributed by atoms with Gasteiger partial charge in [0.05, 0.1) is 26.0 Å². The second-order valence-electron chi connectivity index (χ2n) is 6.20. The maximum absolute atomic E-state index is 12.2. The number of piperazine rings is 1. The molecule has 1 aromatic rings. The van der Waals surface area contributed by atoms with Crippen LogP contribution in [0.4, 0.5) is 5.69 Å². The fraction of sp³-hybridized carbons (Fsp3) is 0.529. The van der Waals surface area contributed by atoms with Gasteiger partial charge in [0, 0.05) is 5.69 Å². The molecule has 0 aromatic heterocycles. The van der Waals surface area contributed by atoms with Crippen LogP contribution in [0.25, 0.3) is 0 Å². The van der Waals surface area contributed by atoms with Crippen molar-refractivity contribution in [3.63, 3.8) is 0 Å². The SMILES string of the molecule is CCOc1ccc(NC(=O)C[C@H](C(=O)[O-])[NH+]2CC[NH+](C)CC2)cc1. The molecule has 1 fully saturated rings. The van der Waals surface area contributed by atoms with Gasteiger partial charge in [0.2, 0.25) is 5.91 Å². The monoisotopic (exact) mass is 336 g/mol. The average Bonchev–Trinajstić information content (AvgIpc) is 2.55. The van der Waals surface area contributed by atoms with E-state index in [0.29, 0.717) is 12.3 Å². The highest BCUT2D eigenvalue weighted by atomic mass is 16.5. The summed E-state index contributed by atoms with van der Waals surface area (Å²) >= 11 is 0. The van der Waals surface area contributed by atoms with Gasteiger partial charge in [-0.1, -0.05) is 0 Å². The Morgan fingerprint density at radius 3 is 2.38 bits per heavy atom. The zero-order chi connectivity index (χ0) is 17.5. The number of hydrogen-bond acceptors (Lipinski definition) is 4. The van der Waals surface area contributed by atoms with Crippen molar-refractivity contribution in [3.8, 4) is 5.75 Å². The molecule has 24 heavy (non-hydrogen) atoms. The second-order valence-corrected chi connectivity index (χ2v) is 6.20. The maximum Gasteiger partial charge on any atom is 0.230 e. The molecule has 132 valence electrons. The summed E-state index contributed by atoms with van der Waals surface area (Å²) in [5.74, 6) is -0.744. The van der Waals surface area contributed by atoms with Crippen molar-refractivity contribution in [2.24, 2.45) is 0 Å². The molecule has 1 aliphatic heterocycles. The van der Waals surface area contributed by atoms with Crippen molar-refractivity contribution in [2.75, 3.05) is 45.2 Å². The van der Waals surface area contributed by atoms with Crippen molar-refractivity contribution in [2.45, 2.75) is 19.4 Å². The third-order valence-corrected chi connectivity index (χ3v) is 4.36. The molecule has 0 radical (unpaired) electrons. The molecule has 0 unspecified atom stereocenters. The first-order chi connectivity index (χ1) is 11.5.